The van der Waals surface area contributed by atoms with Crippen molar-refractivity contribution >= 4 is 40.7 Å². The van der Waals surface area contributed by atoms with E-state index in [9.17, 15) is 14.0 Å². The average Bonchev–Trinajstić information content (AvgIpc) is 3.43. The second kappa shape index (κ2) is 9.89. The Balaban J connectivity index is 1.36. The molecule has 10 heteroatoms. The number of amides is 2. The number of likely N-dealkylation sites (tertiary alicyclic amines) is 1. The van der Waals surface area contributed by atoms with Gasteiger partial charge in [0.05, 0.1) is 0 Å². The number of rotatable bonds is 6. The highest BCUT2D eigenvalue weighted by atomic mass is 35.5. The van der Waals surface area contributed by atoms with Crippen LogP contribution in [0.4, 0.5) is 10.1 Å². The fourth-order valence-electron chi connectivity index (χ4n) is 3.80. The van der Waals surface area contributed by atoms with Gasteiger partial charge in [-0.25, -0.2) is 4.39 Å². The smallest absolute Gasteiger partial charge is 0.247 e. The monoisotopic (exact) mass is 490 g/mol. The number of hydrogen-bond donors (Lipinski definition) is 1. The van der Waals surface area contributed by atoms with E-state index in [2.05, 4.69) is 15.5 Å². The lowest BCUT2D eigenvalue weighted by atomic mass is 10.1. The topological polar surface area (TPSA) is 88.3 Å². The second-order valence-corrected chi connectivity index (χ2v) is 8.74. The fourth-order valence-corrected chi connectivity index (χ4v) is 4.33. The first-order valence-electron chi connectivity index (χ1n) is 10.5. The quantitative estimate of drug-likeness (QED) is 0.521. The number of carbonyl (C=O) groups is 2. The van der Waals surface area contributed by atoms with Gasteiger partial charge in [-0.3, -0.25) is 9.59 Å². The number of nitrogens with zero attached hydrogens (tertiary/aromatic N) is 3. The predicted molar refractivity (Wildman–Crippen MR) is 123 cm³/mol. The molecule has 2 heterocycles. The Kier molecular flexibility index (Phi) is 6.95. The maximum absolute atomic E-state index is 13.5. The molecule has 1 unspecified atom stereocenters. The molecule has 2 amide bonds. The lowest BCUT2D eigenvalue weighted by Gasteiger charge is -2.24. The lowest BCUT2D eigenvalue weighted by Crippen LogP contribution is -2.43. The van der Waals surface area contributed by atoms with Crippen LogP contribution in [0, 0.1) is 12.7 Å². The van der Waals surface area contributed by atoms with E-state index >= 15 is 0 Å². The van der Waals surface area contributed by atoms with E-state index in [1.54, 1.807) is 42.2 Å². The van der Waals surface area contributed by atoms with E-state index < -0.39 is 6.04 Å². The van der Waals surface area contributed by atoms with Crippen LogP contribution in [0.25, 0.3) is 11.4 Å². The first kappa shape index (κ1) is 23.2. The van der Waals surface area contributed by atoms with Gasteiger partial charge in [0.15, 0.2) is 0 Å². The van der Waals surface area contributed by atoms with Crippen LogP contribution in [0.3, 0.4) is 0 Å². The molecule has 1 aromatic heterocycles. The Morgan fingerprint density at radius 2 is 1.97 bits per heavy atom. The Hall–Kier alpha value is -2.97. The summed E-state index contributed by atoms with van der Waals surface area (Å²) >= 11 is 12.0. The molecule has 1 fully saturated rings. The van der Waals surface area contributed by atoms with E-state index in [-0.39, 0.29) is 30.5 Å². The minimum atomic E-state index is -0.573. The zero-order valence-corrected chi connectivity index (χ0v) is 19.3. The minimum absolute atomic E-state index is 0.122. The summed E-state index contributed by atoms with van der Waals surface area (Å²) in [7, 11) is 0. The Morgan fingerprint density at radius 1 is 1.21 bits per heavy atom. The third kappa shape index (κ3) is 5.51. The van der Waals surface area contributed by atoms with Crippen molar-refractivity contribution in [2.75, 3.05) is 11.9 Å². The molecule has 33 heavy (non-hydrogen) atoms. The van der Waals surface area contributed by atoms with Gasteiger partial charge < -0.3 is 14.7 Å². The van der Waals surface area contributed by atoms with Crippen molar-refractivity contribution < 1.29 is 18.5 Å². The molecular formula is C23H21Cl2FN4O3. The summed E-state index contributed by atoms with van der Waals surface area (Å²) in [6.45, 7) is 2.15. The molecule has 1 N–H and O–H groups in total. The molecule has 0 bridgehead atoms. The molecule has 0 radical (unpaired) electrons. The number of hydrogen-bond acceptors (Lipinski definition) is 5. The Labute approximate surface area is 199 Å². The molecular weight excluding hydrogens is 470 g/mol. The van der Waals surface area contributed by atoms with E-state index in [0.29, 0.717) is 51.5 Å². The van der Waals surface area contributed by atoms with Gasteiger partial charge in [0.1, 0.15) is 11.9 Å². The first-order valence-corrected chi connectivity index (χ1v) is 11.2. The summed E-state index contributed by atoms with van der Waals surface area (Å²) in [5.41, 5.74) is 1.59. The molecule has 7 nitrogen and oxygen atoms in total. The third-order valence-electron chi connectivity index (χ3n) is 5.44. The van der Waals surface area contributed by atoms with Gasteiger partial charge in [-0.05, 0) is 61.7 Å². The average molecular weight is 491 g/mol. The van der Waals surface area contributed by atoms with Crippen LogP contribution in [-0.2, 0) is 16.0 Å². The van der Waals surface area contributed by atoms with Crippen LogP contribution in [0.1, 0.15) is 30.7 Å². The first-order chi connectivity index (χ1) is 15.8. The molecule has 3 aromatic rings. The van der Waals surface area contributed by atoms with Crippen molar-refractivity contribution in [2.24, 2.45) is 0 Å². The van der Waals surface area contributed by atoms with Crippen LogP contribution in [0.15, 0.2) is 40.9 Å². The maximum atomic E-state index is 13.5. The summed E-state index contributed by atoms with van der Waals surface area (Å²) in [6.07, 6.45) is 1.66. The zero-order valence-electron chi connectivity index (χ0n) is 17.8. The van der Waals surface area contributed by atoms with Gasteiger partial charge in [-0.1, -0.05) is 28.4 Å². The standard InChI is InChI=1S/C23H21Cl2FN4O3/c1-13-9-14(4-5-18(13)26)22-28-20(33-29-22)6-7-21(31)30-8-2-3-19(30)23(32)27-17-11-15(24)10-16(25)12-17/h4-5,9-12,19H,2-3,6-8H2,1H3,(H,27,32). The molecule has 1 atom stereocenters. The predicted octanol–water partition coefficient (Wildman–Crippen LogP) is 5.05. The van der Waals surface area contributed by atoms with Crippen molar-refractivity contribution in [3.8, 4) is 11.4 Å². The highest BCUT2D eigenvalue weighted by Crippen LogP contribution is 2.25. The van der Waals surface area contributed by atoms with Gasteiger partial charge in [0.25, 0.3) is 0 Å². The third-order valence-corrected chi connectivity index (χ3v) is 5.88. The summed E-state index contributed by atoms with van der Waals surface area (Å²) < 4.78 is 18.7. The van der Waals surface area contributed by atoms with Gasteiger partial charge in [-0.2, -0.15) is 4.98 Å². The number of aryl methyl sites for hydroxylation is 2. The Morgan fingerprint density at radius 3 is 2.70 bits per heavy atom. The van der Waals surface area contributed by atoms with Crippen LogP contribution >= 0.6 is 23.2 Å². The lowest BCUT2D eigenvalue weighted by molar-refractivity contribution is -0.136. The van der Waals surface area contributed by atoms with Gasteiger partial charge in [0.2, 0.25) is 23.5 Å². The number of halogens is 3. The van der Waals surface area contributed by atoms with Crippen molar-refractivity contribution in [2.45, 2.75) is 38.6 Å². The van der Waals surface area contributed by atoms with Crippen molar-refractivity contribution in [1.82, 2.24) is 15.0 Å². The van der Waals surface area contributed by atoms with Crippen LogP contribution in [0.2, 0.25) is 10.0 Å². The maximum Gasteiger partial charge on any atom is 0.247 e. The Bertz CT molecular complexity index is 1180. The van der Waals surface area contributed by atoms with E-state index in [1.807, 2.05) is 0 Å². The van der Waals surface area contributed by atoms with Crippen LogP contribution in [-0.4, -0.2) is 39.4 Å². The molecule has 0 aliphatic carbocycles. The molecule has 0 saturated carbocycles. The summed E-state index contributed by atoms with van der Waals surface area (Å²) in [6, 6.07) is 8.75. The minimum Gasteiger partial charge on any atom is -0.339 e. The zero-order chi connectivity index (χ0) is 23.5. The highest BCUT2D eigenvalue weighted by molar-refractivity contribution is 6.35. The van der Waals surface area contributed by atoms with Crippen molar-refractivity contribution in [3.05, 3.63) is 63.7 Å². The van der Waals surface area contributed by atoms with E-state index in [0.717, 1.165) is 6.42 Å². The van der Waals surface area contributed by atoms with Gasteiger partial charge in [0, 0.05) is 40.7 Å². The number of nitrogens with one attached hydrogen (secondary N) is 1. The molecule has 1 saturated heterocycles. The molecule has 1 aliphatic rings. The van der Waals surface area contributed by atoms with Gasteiger partial charge >= 0.3 is 0 Å². The molecule has 2 aromatic carbocycles. The number of benzene rings is 2. The van der Waals surface area contributed by atoms with Crippen LogP contribution < -0.4 is 5.32 Å². The molecule has 1 aliphatic heterocycles. The number of anilines is 1. The van der Waals surface area contributed by atoms with Crippen molar-refractivity contribution in [3.63, 3.8) is 0 Å². The number of carbonyl (C=O) groups excluding carboxylic acids is 2. The summed E-state index contributed by atoms with van der Waals surface area (Å²) in [5.74, 6) is -0.135. The summed E-state index contributed by atoms with van der Waals surface area (Å²) in [5, 5.41) is 7.52. The SMILES string of the molecule is Cc1cc(-c2noc(CCC(=O)N3CCCC3C(=O)Nc3cc(Cl)cc(Cl)c3)n2)ccc1F. The normalized spacial score (nSPS) is 15.6. The number of aromatic nitrogens is 2. The molecule has 4 rings (SSSR count). The summed E-state index contributed by atoms with van der Waals surface area (Å²) in [4.78, 5) is 31.5. The molecule has 0 spiro atoms. The molecule has 172 valence electrons. The van der Waals surface area contributed by atoms with Gasteiger partial charge in [-0.15, -0.1) is 0 Å². The van der Waals surface area contributed by atoms with Crippen molar-refractivity contribution in [1.29, 1.82) is 0 Å². The van der Waals surface area contributed by atoms with E-state index in [1.165, 1.54) is 6.07 Å². The second-order valence-electron chi connectivity index (χ2n) is 7.87. The largest absolute Gasteiger partial charge is 0.339 e. The fraction of sp³-hybridized carbons (Fsp3) is 0.304. The van der Waals surface area contributed by atoms with E-state index in [4.69, 9.17) is 27.7 Å². The highest BCUT2D eigenvalue weighted by Gasteiger charge is 2.34. The van der Waals surface area contributed by atoms with Crippen LogP contribution in [0.5, 0.6) is 0 Å².